The minimum Gasteiger partial charge on any atom is -0.383 e. The van der Waals surface area contributed by atoms with Crippen LogP contribution in [0, 0.1) is 5.92 Å². The van der Waals surface area contributed by atoms with Gasteiger partial charge in [-0.15, -0.1) is 0 Å². The Morgan fingerprint density at radius 2 is 1.50 bits per heavy atom. The van der Waals surface area contributed by atoms with E-state index in [0.29, 0.717) is 0 Å². The molecule has 102 valence electrons. The second-order valence-electron chi connectivity index (χ2n) is 5.45. The zero-order chi connectivity index (χ0) is 13.5. The van der Waals surface area contributed by atoms with Gasteiger partial charge < -0.3 is 10.6 Å². The molecular weight excluding hydrogens is 220 g/mol. The van der Waals surface area contributed by atoms with Crippen molar-refractivity contribution in [1.82, 2.24) is 10.6 Å². The highest BCUT2D eigenvalue weighted by atomic mass is 15.0. The predicted molar refractivity (Wildman–Crippen MR) is 80.3 cm³/mol. The van der Waals surface area contributed by atoms with E-state index in [-0.39, 0.29) is 0 Å². The van der Waals surface area contributed by atoms with Gasteiger partial charge in [-0.1, -0.05) is 46.8 Å². The molecule has 0 unspecified atom stereocenters. The van der Waals surface area contributed by atoms with Crippen molar-refractivity contribution in [3.8, 4) is 0 Å². The number of rotatable bonds is 9. The number of unbranched alkanes of at least 4 members (excludes halogenated alkanes) is 1. The quantitative estimate of drug-likeness (QED) is 0.607. The van der Waals surface area contributed by atoms with E-state index >= 15 is 0 Å². The minimum absolute atomic E-state index is 0.810. The maximum absolute atomic E-state index is 4.05. The lowest BCUT2D eigenvalue weighted by Gasteiger charge is -2.31. The molecule has 0 atom stereocenters. The minimum atomic E-state index is 0.810. The van der Waals surface area contributed by atoms with Gasteiger partial charge in [0.15, 0.2) is 0 Å². The van der Waals surface area contributed by atoms with Gasteiger partial charge in [0.25, 0.3) is 0 Å². The average Bonchev–Trinajstić information content (AvgIpc) is 2.35. The van der Waals surface area contributed by atoms with Crippen LogP contribution in [-0.2, 0) is 0 Å². The summed E-state index contributed by atoms with van der Waals surface area (Å²) in [6.07, 6.45) is 4.96. The molecule has 0 aliphatic heterocycles. The van der Waals surface area contributed by atoms with Gasteiger partial charge >= 0.3 is 0 Å². The Bertz CT molecular complexity index is 337. The zero-order valence-corrected chi connectivity index (χ0v) is 12.2. The molecule has 2 heteroatoms. The van der Waals surface area contributed by atoms with Crippen LogP contribution in [-0.4, -0.2) is 13.1 Å². The second-order valence-corrected chi connectivity index (χ2v) is 5.45. The van der Waals surface area contributed by atoms with E-state index in [1.807, 2.05) is 0 Å². The summed E-state index contributed by atoms with van der Waals surface area (Å²) >= 11 is 0. The molecule has 0 saturated carbocycles. The highest BCUT2D eigenvalue weighted by molar-refractivity contribution is 5.65. The van der Waals surface area contributed by atoms with Gasteiger partial charge in [0.05, 0.1) is 11.4 Å². The SMILES string of the molecule is C=C1C(=C)C(NCCCCC(C)C)=C1NCCC. The molecule has 2 nitrogen and oxygen atoms in total. The lowest BCUT2D eigenvalue weighted by atomic mass is 9.89. The van der Waals surface area contributed by atoms with Crippen LogP contribution in [0.25, 0.3) is 0 Å². The molecule has 0 aromatic heterocycles. The van der Waals surface area contributed by atoms with Crippen molar-refractivity contribution < 1.29 is 0 Å². The molecule has 1 aliphatic rings. The van der Waals surface area contributed by atoms with Gasteiger partial charge in [-0.2, -0.15) is 0 Å². The Hall–Kier alpha value is -1.18. The average molecular weight is 248 g/mol. The highest BCUT2D eigenvalue weighted by Crippen LogP contribution is 2.33. The molecule has 0 spiro atoms. The van der Waals surface area contributed by atoms with Crippen molar-refractivity contribution in [2.75, 3.05) is 13.1 Å². The zero-order valence-electron chi connectivity index (χ0n) is 12.2. The summed E-state index contributed by atoms with van der Waals surface area (Å²) in [5, 5.41) is 6.90. The lowest BCUT2D eigenvalue weighted by Crippen LogP contribution is -2.33. The molecule has 2 N–H and O–H groups in total. The van der Waals surface area contributed by atoms with E-state index in [0.717, 1.165) is 36.6 Å². The first-order chi connectivity index (χ1) is 8.57. The lowest BCUT2D eigenvalue weighted by molar-refractivity contribution is 0.529. The summed E-state index contributed by atoms with van der Waals surface area (Å²) in [6, 6.07) is 0. The molecule has 1 rings (SSSR count). The first kappa shape index (κ1) is 14.9. The summed E-state index contributed by atoms with van der Waals surface area (Å²) in [4.78, 5) is 0. The van der Waals surface area contributed by atoms with E-state index in [1.54, 1.807) is 0 Å². The fourth-order valence-corrected chi connectivity index (χ4v) is 2.07. The summed E-state index contributed by atoms with van der Waals surface area (Å²) in [5.74, 6) is 0.810. The molecule has 0 fully saturated rings. The smallest absolute Gasteiger partial charge is 0.0656 e. The molecule has 0 saturated heterocycles. The number of nitrogens with one attached hydrogen (secondary N) is 2. The molecular formula is C16H28N2. The Morgan fingerprint density at radius 1 is 0.944 bits per heavy atom. The maximum Gasteiger partial charge on any atom is 0.0656 e. The van der Waals surface area contributed by atoms with Crippen molar-refractivity contribution in [2.45, 2.75) is 46.5 Å². The molecule has 0 radical (unpaired) electrons. The van der Waals surface area contributed by atoms with Gasteiger partial charge in [0.1, 0.15) is 0 Å². The van der Waals surface area contributed by atoms with Crippen LogP contribution in [0.3, 0.4) is 0 Å². The highest BCUT2D eigenvalue weighted by Gasteiger charge is 2.25. The standard InChI is InChI=1S/C16H28N2/c1-6-10-17-15-13(4)14(5)16(15)18-11-8-7-9-12(2)3/h12,17-18H,4-11H2,1-3H3. The first-order valence-corrected chi connectivity index (χ1v) is 7.18. The topological polar surface area (TPSA) is 24.1 Å². The predicted octanol–water partition coefficient (Wildman–Crippen LogP) is 3.74. The molecule has 18 heavy (non-hydrogen) atoms. The van der Waals surface area contributed by atoms with Crippen LogP contribution in [0.15, 0.2) is 35.7 Å². The Kier molecular flexibility index (Phi) is 6.03. The Labute approximate surface area is 112 Å². The van der Waals surface area contributed by atoms with E-state index in [9.17, 15) is 0 Å². The molecule has 1 aliphatic carbocycles. The Morgan fingerprint density at radius 3 is 2.00 bits per heavy atom. The molecule has 0 amide bonds. The Balaban J connectivity index is 2.32. The van der Waals surface area contributed by atoms with Crippen LogP contribution >= 0.6 is 0 Å². The largest absolute Gasteiger partial charge is 0.383 e. The van der Waals surface area contributed by atoms with E-state index < -0.39 is 0 Å². The monoisotopic (exact) mass is 248 g/mol. The van der Waals surface area contributed by atoms with Crippen molar-refractivity contribution in [2.24, 2.45) is 5.92 Å². The maximum atomic E-state index is 4.05. The fourth-order valence-electron chi connectivity index (χ4n) is 2.07. The third-order valence-corrected chi connectivity index (χ3v) is 3.28. The third-order valence-electron chi connectivity index (χ3n) is 3.28. The van der Waals surface area contributed by atoms with Gasteiger partial charge in [-0.3, -0.25) is 0 Å². The molecule has 0 bridgehead atoms. The molecule has 0 aromatic carbocycles. The van der Waals surface area contributed by atoms with Crippen LogP contribution in [0.2, 0.25) is 0 Å². The van der Waals surface area contributed by atoms with Gasteiger partial charge in [-0.25, -0.2) is 0 Å². The summed E-state index contributed by atoms with van der Waals surface area (Å²) in [5.41, 5.74) is 4.48. The summed E-state index contributed by atoms with van der Waals surface area (Å²) in [7, 11) is 0. The molecule has 0 aromatic rings. The van der Waals surface area contributed by atoms with Crippen molar-refractivity contribution >= 4 is 0 Å². The number of hydrogen-bond acceptors (Lipinski definition) is 2. The van der Waals surface area contributed by atoms with Crippen molar-refractivity contribution in [3.63, 3.8) is 0 Å². The normalized spacial score (nSPS) is 15.1. The van der Waals surface area contributed by atoms with Gasteiger partial charge in [-0.05, 0) is 18.8 Å². The van der Waals surface area contributed by atoms with Crippen LogP contribution in [0.4, 0.5) is 0 Å². The van der Waals surface area contributed by atoms with E-state index in [2.05, 4.69) is 44.6 Å². The van der Waals surface area contributed by atoms with Crippen LogP contribution in [0.1, 0.15) is 46.5 Å². The van der Waals surface area contributed by atoms with Crippen molar-refractivity contribution in [1.29, 1.82) is 0 Å². The third kappa shape index (κ3) is 3.94. The fraction of sp³-hybridized carbons (Fsp3) is 0.625. The summed E-state index contributed by atoms with van der Waals surface area (Å²) < 4.78 is 0. The van der Waals surface area contributed by atoms with Gasteiger partial charge in [0, 0.05) is 24.2 Å². The number of allylic oxidation sites excluding steroid dienone is 2. The van der Waals surface area contributed by atoms with E-state index in [4.69, 9.17) is 0 Å². The first-order valence-electron chi connectivity index (χ1n) is 7.18. The number of hydrogen-bond donors (Lipinski definition) is 2. The molecule has 0 heterocycles. The van der Waals surface area contributed by atoms with Crippen molar-refractivity contribution in [3.05, 3.63) is 35.7 Å². The van der Waals surface area contributed by atoms with E-state index in [1.165, 1.54) is 30.7 Å². The summed E-state index contributed by atoms with van der Waals surface area (Å²) in [6.45, 7) is 16.8. The second kappa shape index (κ2) is 7.30. The van der Waals surface area contributed by atoms with Crippen LogP contribution in [0.5, 0.6) is 0 Å². The van der Waals surface area contributed by atoms with Gasteiger partial charge in [0.2, 0.25) is 0 Å². The van der Waals surface area contributed by atoms with Crippen LogP contribution < -0.4 is 10.6 Å².